The fourth-order valence-electron chi connectivity index (χ4n) is 2.04. The molecule has 1 saturated heterocycles. The van der Waals surface area contributed by atoms with Gasteiger partial charge >= 0.3 is 0 Å². The Morgan fingerprint density at radius 3 is 2.62 bits per heavy atom. The van der Waals surface area contributed by atoms with Gasteiger partial charge in [-0.2, -0.15) is 11.8 Å². The van der Waals surface area contributed by atoms with E-state index in [1.54, 1.807) is 0 Å². The first-order chi connectivity index (χ1) is 7.66. The third-order valence-corrected chi connectivity index (χ3v) is 4.16. The van der Waals surface area contributed by atoms with Crippen LogP contribution in [0.2, 0.25) is 0 Å². The van der Waals surface area contributed by atoms with Crippen LogP contribution >= 0.6 is 11.8 Å². The number of hydrogen-bond acceptors (Lipinski definition) is 3. The van der Waals surface area contributed by atoms with Crippen molar-refractivity contribution in [1.29, 1.82) is 0 Å². The fourth-order valence-corrected chi connectivity index (χ4v) is 3.06. The Bertz CT molecular complexity index is 334. The van der Waals surface area contributed by atoms with Crippen LogP contribution < -0.4 is 10.6 Å². The first-order valence-electron chi connectivity index (χ1n) is 5.89. The van der Waals surface area contributed by atoms with Gasteiger partial charge in [-0.1, -0.05) is 19.1 Å². The van der Waals surface area contributed by atoms with E-state index in [0.717, 1.165) is 18.3 Å². The van der Waals surface area contributed by atoms with E-state index in [9.17, 15) is 0 Å². The first kappa shape index (κ1) is 11.8. The molecule has 2 N–H and O–H groups in total. The van der Waals surface area contributed by atoms with Crippen molar-refractivity contribution >= 4 is 17.4 Å². The van der Waals surface area contributed by atoms with Gasteiger partial charge in [0.15, 0.2) is 0 Å². The standard InChI is InChI=1S/C13H20N2S/c1-10-9-15(7-8-16-10)13-5-3-12(4-6-13)11(2)14/h3-6,10-11H,7-9,14H2,1-2H3/t10?,11-/m0/s1. The van der Waals surface area contributed by atoms with Crippen molar-refractivity contribution in [2.75, 3.05) is 23.7 Å². The van der Waals surface area contributed by atoms with Crippen LogP contribution in [0, 0.1) is 0 Å². The van der Waals surface area contributed by atoms with Crippen LogP contribution in [0.1, 0.15) is 25.5 Å². The summed E-state index contributed by atoms with van der Waals surface area (Å²) in [6.07, 6.45) is 0. The van der Waals surface area contributed by atoms with Crippen LogP contribution in [-0.4, -0.2) is 24.1 Å². The van der Waals surface area contributed by atoms with Crippen molar-refractivity contribution in [3.8, 4) is 0 Å². The fraction of sp³-hybridized carbons (Fsp3) is 0.538. The minimum Gasteiger partial charge on any atom is -0.370 e. The SMILES string of the molecule is CC1CN(c2ccc([C@H](C)N)cc2)CCS1. The average Bonchev–Trinajstić information content (AvgIpc) is 2.29. The summed E-state index contributed by atoms with van der Waals surface area (Å²) in [5.41, 5.74) is 8.39. The zero-order valence-corrected chi connectivity index (χ0v) is 10.8. The molecule has 1 heterocycles. The van der Waals surface area contributed by atoms with E-state index in [4.69, 9.17) is 5.73 Å². The van der Waals surface area contributed by atoms with Crippen LogP contribution in [0.25, 0.3) is 0 Å². The van der Waals surface area contributed by atoms with Gasteiger partial charge < -0.3 is 10.6 Å². The molecule has 3 heteroatoms. The molecular weight excluding hydrogens is 216 g/mol. The molecule has 0 bridgehead atoms. The maximum Gasteiger partial charge on any atom is 0.0367 e. The number of hydrogen-bond donors (Lipinski definition) is 1. The molecular formula is C13H20N2S. The quantitative estimate of drug-likeness (QED) is 0.856. The Morgan fingerprint density at radius 2 is 2.06 bits per heavy atom. The number of rotatable bonds is 2. The topological polar surface area (TPSA) is 29.3 Å². The van der Waals surface area contributed by atoms with Crippen LogP contribution in [0.15, 0.2) is 24.3 Å². The van der Waals surface area contributed by atoms with E-state index < -0.39 is 0 Å². The molecule has 2 nitrogen and oxygen atoms in total. The summed E-state index contributed by atoms with van der Waals surface area (Å²) in [5.74, 6) is 1.23. The van der Waals surface area contributed by atoms with Gasteiger partial charge in [0, 0.05) is 35.8 Å². The van der Waals surface area contributed by atoms with E-state index in [2.05, 4.69) is 47.9 Å². The minimum atomic E-state index is 0.130. The molecule has 16 heavy (non-hydrogen) atoms. The van der Waals surface area contributed by atoms with Crippen molar-refractivity contribution in [2.45, 2.75) is 25.1 Å². The minimum absolute atomic E-state index is 0.130. The highest BCUT2D eigenvalue weighted by molar-refractivity contribution is 8.00. The van der Waals surface area contributed by atoms with E-state index in [1.165, 1.54) is 17.0 Å². The third kappa shape index (κ3) is 2.71. The van der Waals surface area contributed by atoms with Gasteiger partial charge in [0.2, 0.25) is 0 Å². The van der Waals surface area contributed by atoms with Crippen molar-refractivity contribution in [2.24, 2.45) is 5.73 Å². The molecule has 0 aromatic heterocycles. The lowest BCUT2D eigenvalue weighted by Gasteiger charge is -2.32. The summed E-state index contributed by atoms with van der Waals surface area (Å²) < 4.78 is 0. The van der Waals surface area contributed by atoms with E-state index in [0.29, 0.717) is 0 Å². The molecule has 0 saturated carbocycles. The second-order valence-electron chi connectivity index (χ2n) is 4.51. The normalized spacial score (nSPS) is 23.2. The maximum atomic E-state index is 5.85. The molecule has 2 rings (SSSR count). The maximum absolute atomic E-state index is 5.85. The number of nitrogens with two attached hydrogens (primary N) is 1. The van der Waals surface area contributed by atoms with Crippen LogP contribution in [0.3, 0.4) is 0 Å². The molecule has 1 aliphatic heterocycles. The van der Waals surface area contributed by atoms with Gasteiger partial charge in [-0.15, -0.1) is 0 Å². The van der Waals surface area contributed by atoms with E-state index >= 15 is 0 Å². The lowest BCUT2D eigenvalue weighted by molar-refractivity contribution is 0.780. The highest BCUT2D eigenvalue weighted by Gasteiger charge is 2.16. The second-order valence-corrected chi connectivity index (χ2v) is 6.05. The molecule has 0 spiro atoms. The second kappa shape index (κ2) is 5.11. The van der Waals surface area contributed by atoms with Gasteiger partial charge in [-0.25, -0.2) is 0 Å². The molecule has 1 aromatic rings. The van der Waals surface area contributed by atoms with Crippen LogP contribution in [-0.2, 0) is 0 Å². The molecule has 1 fully saturated rings. The molecule has 0 radical (unpaired) electrons. The predicted octanol–water partition coefficient (Wildman–Crippen LogP) is 2.65. The van der Waals surface area contributed by atoms with Crippen molar-refractivity contribution in [3.05, 3.63) is 29.8 Å². The lowest BCUT2D eigenvalue weighted by atomic mass is 10.1. The molecule has 1 aliphatic rings. The highest BCUT2D eigenvalue weighted by atomic mass is 32.2. The summed E-state index contributed by atoms with van der Waals surface area (Å²) in [5, 5.41) is 0.738. The average molecular weight is 236 g/mol. The molecule has 2 atom stereocenters. The molecule has 1 unspecified atom stereocenters. The zero-order valence-electron chi connectivity index (χ0n) is 10.0. The Labute approximate surface area is 102 Å². The predicted molar refractivity (Wildman–Crippen MR) is 73.2 cm³/mol. The summed E-state index contributed by atoms with van der Waals surface area (Å²) in [4.78, 5) is 2.46. The summed E-state index contributed by atoms with van der Waals surface area (Å²) >= 11 is 2.06. The molecule has 88 valence electrons. The van der Waals surface area contributed by atoms with Gasteiger partial charge in [0.25, 0.3) is 0 Å². The Kier molecular flexibility index (Phi) is 3.77. The summed E-state index contributed by atoms with van der Waals surface area (Å²) in [7, 11) is 0. The summed E-state index contributed by atoms with van der Waals surface area (Å²) in [6, 6.07) is 8.81. The van der Waals surface area contributed by atoms with Crippen LogP contribution in [0.4, 0.5) is 5.69 Å². The Morgan fingerprint density at radius 1 is 1.38 bits per heavy atom. The zero-order chi connectivity index (χ0) is 11.5. The van der Waals surface area contributed by atoms with Gasteiger partial charge in [-0.3, -0.25) is 0 Å². The van der Waals surface area contributed by atoms with Gasteiger partial charge in [0.1, 0.15) is 0 Å². The number of thioether (sulfide) groups is 1. The highest BCUT2D eigenvalue weighted by Crippen LogP contribution is 2.24. The Hall–Kier alpha value is -0.670. The number of benzene rings is 1. The Balaban J connectivity index is 2.09. The lowest BCUT2D eigenvalue weighted by Crippen LogP contribution is -2.36. The van der Waals surface area contributed by atoms with Gasteiger partial charge in [-0.05, 0) is 24.6 Å². The van der Waals surface area contributed by atoms with Crippen molar-refractivity contribution < 1.29 is 0 Å². The molecule has 0 amide bonds. The van der Waals surface area contributed by atoms with E-state index in [1.807, 2.05) is 6.92 Å². The molecule has 0 aliphatic carbocycles. The van der Waals surface area contributed by atoms with E-state index in [-0.39, 0.29) is 6.04 Å². The summed E-state index contributed by atoms with van der Waals surface area (Å²) in [6.45, 7) is 6.64. The molecule has 1 aromatic carbocycles. The largest absolute Gasteiger partial charge is 0.370 e. The van der Waals surface area contributed by atoms with Crippen LogP contribution in [0.5, 0.6) is 0 Å². The van der Waals surface area contributed by atoms with Crippen molar-refractivity contribution in [3.63, 3.8) is 0 Å². The first-order valence-corrected chi connectivity index (χ1v) is 6.94. The number of nitrogens with zero attached hydrogens (tertiary/aromatic N) is 1. The smallest absolute Gasteiger partial charge is 0.0367 e. The third-order valence-electron chi connectivity index (χ3n) is 3.03. The van der Waals surface area contributed by atoms with Gasteiger partial charge in [0.05, 0.1) is 0 Å². The van der Waals surface area contributed by atoms with Crippen molar-refractivity contribution in [1.82, 2.24) is 0 Å². The number of anilines is 1. The monoisotopic (exact) mass is 236 g/mol.